The summed E-state index contributed by atoms with van der Waals surface area (Å²) in [6, 6.07) is 2.57. The van der Waals surface area contributed by atoms with Crippen LogP contribution in [-0.4, -0.2) is 48.9 Å². The number of allylic oxidation sites excluding steroid dienone is 1. The number of hydrogen-bond donors (Lipinski definition) is 0. The number of carbonyl (C=O) groups excluding carboxylic acids is 3. The number of imide groups is 1. The van der Waals surface area contributed by atoms with Crippen molar-refractivity contribution in [2.75, 3.05) is 20.8 Å². The minimum atomic E-state index is -0.986. The highest BCUT2D eigenvalue weighted by atomic mass is 32.2. The molecule has 1 aromatic rings. The van der Waals surface area contributed by atoms with Crippen LogP contribution in [0.1, 0.15) is 25.0 Å². The highest BCUT2D eigenvalue weighted by Crippen LogP contribution is 2.37. The predicted octanol–water partition coefficient (Wildman–Crippen LogP) is 3.42. The van der Waals surface area contributed by atoms with E-state index >= 15 is 0 Å². The number of nitrogens with zero attached hydrogens (tertiary/aromatic N) is 1. The number of carbonyl (C=O) groups is 3. The number of rotatable bonds is 8. The Morgan fingerprint density at radius 3 is 2.57 bits per heavy atom. The van der Waals surface area contributed by atoms with E-state index in [1.54, 1.807) is 32.3 Å². The molecule has 0 aliphatic carbocycles. The first kappa shape index (κ1) is 21.6. The number of esters is 1. The van der Waals surface area contributed by atoms with E-state index in [2.05, 4.69) is 6.58 Å². The van der Waals surface area contributed by atoms with Gasteiger partial charge in [0, 0.05) is 5.56 Å². The van der Waals surface area contributed by atoms with E-state index in [0.29, 0.717) is 23.5 Å². The molecule has 150 valence electrons. The molecule has 0 spiro atoms. The Labute approximate surface area is 168 Å². The van der Waals surface area contributed by atoms with Crippen molar-refractivity contribution in [2.45, 2.75) is 26.3 Å². The van der Waals surface area contributed by atoms with E-state index < -0.39 is 23.2 Å². The normalized spacial score (nSPS) is 16.3. The molecule has 0 aromatic heterocycles. The summed E-state index contributed by atoms with van der Waals surface area (Å²) in [5, 5.41) is -0.511. The van der Waals surface area contributed by atoms with Crippen LogP contribution in [0.5, 0.6) is 11.5 Å². The lowest BCUT2D eigenvalue weighted by Crippen LogP contribution is -2.42. The van der Waals surface area contributed by atoms with Crippen molar-refractivity contribution in [3.05, 3.63) is 40.8 Å². The van der Waals surface area contributed by atoms with Gasteiger partial charge in [-0.25, -0.2) is 4.79 Å². The van der Waals surface area contributed by atoms with E-state index in [0.717, 1.165) is 22.2 Å². The van der Waals surface area contributed by atoms with Gasteiger partial charge in [-0.1, -0.05) is 6.08 Å². The van der Waals surface area contributed by atoms with Gasteiger partial charge in [-0.05, 0) is 55.8 Å². The van der Waals surface area contributed by atoms with Crippen molar-refractivity contribution < 1.29 is 28.6 Å². The minimum absolute atomic E-state index is 0.174. The third-order valence-electron chi connectivity index (χ3n) is 4.08. The fourth-order valence-corrected chi connectivity index (χ4v) is 3.70. The summed E-state index contributed by atoms with van der Waals surface area (Å²) in [5.41, 5.74) is 1.51. The summed E-state index contributed by atoms with van der Waals surface area (Å²) in [5.74, 6) is -0.0585. The Kier molecular flexibility index (Phi) is 7.28. The smallest absolute Gasteiger partial charge is 0.329 e. The summed E-state index contributed by atoms with van der Waals surface area (Å²) in [4.78, 5) is 38.0. The van der Waals surface area contributed by atoms with Crippen molar-refractivity contribution in [3.8, 4) is 11.5 Å². The van der Waals surface area contributed by atoms with Gasteiger partial charge in [-0.2, -0.15) is 0 Å². The van der Waals surface area contributed by atoms with Crippen LogP contribution in [-0.2, 0) is 20.7 Å². The van der Waals surface area contributed by atoms with Gasteiger partial charge in [0.15, 0.2) is 11.5 Å². The van der Waals surface area contributed by atoms with Crippen molar-refractivity contribution in [2.24, 2.45) is 0 Å². The molecule has 0 unspecified atom stereocenters. The van der Waals surface area contributed by atoms with Crippen molar-refractivity contribution >= 4 is 35.0 Å². The Hall–Kier alpha value is -2.74. The summed E-state index contributed by atoms with van der Waals surface area (Å²) in [6.07, 6.45) is 3.87. The zero-order valence-corrected chi connectivity index (χ0v) is 17.1. The molecule has 1 fully saturated rings. The number of thioether (sulfide) groups is 1. The zero-order chi connectivity index (χ0) is 20.8. The van der Waals surface area contributed by atoms with Gasteiger partial charge in [-0.3, -0.25) is 14.5 Å². The van der Waals surface area contributed by atoms with Crippen LogP contribution in [0.2, 0.25) is 0 Å². The van der Waals surface area contributed by atoms with Crippen LogP contribution >= 0.6 is 11.8 Å². The first-order valence-electron chi connectivity index (χ1n) is 8.67. The maximum atomic E-state index is 12.7. The van der Waals surface area contributed by atoms with Crippen LogP contribution in [0.3, 0.4) is 0 Å². The van der Waals surface area contributed by atoms with Gasteiger partial charge in [0.1, 0.15) is 6.04 Å². The van der Waals surface area contributed by atoms with Crippen LogP contribution in [0.25, 0.3) is 6.08 Å². The Morgan fingerprint density at radius 1 is 1.29 bits per heavy atom. The lowest BCUT2D eigenvalue weighted by atomic mass is 10.0. The number of hydrogen-bond acceptors (Lipinski definition) is 7. The summed E-state index contributed by atoms with van der Waals surface area (Å²) >= 11 is 0.782. The highest BCUT2D eigenvalue weighted by Gasteiger charge is 2.41. The van der Waals surface area contributed by atoms with Gasteiger partial charge in [0.25, 0.3) is 11.1 Å². The molecule has 1 atom stereocenters. The lowest BCUT2D eigenvalue weighted by Gasteiger charge is -2.19. The molecule has 2 rings (SSSR count). The molecule has 2 amide bonds. The largest absolute Gasteiger partial charge is 0.493 e. The quantitative estimate of drug-likeness (QED) is 0.372. The maximum Gasteiger partial charge on any atom is 0.329 e. The molecular weight excluding hydrogens is 382 g/mol. The number of ether oxygens (including phenoxy) is 3. The second-order valence-corrected chi connectivity index (χ2v) is 6.88. The molecule has 1 aromatic carbocycles. The van der Waals surface area contributed by atoms with Gasteiger partial charge in [0.05, 0.1) is 25.7 Å². The van der Waals surface area contributed by atoms with Crippen LogP contribution in [0, 0.1) is 0 Å². The molecule has 28 heavy (non-hydrogen) atoms. The summed E-state index contributed by atoms with van der Waals surface area (Å²) in [7, 11) is 3.07. The number of methoxy groups -OCH3 is 2. The minimum Gasteiger partial charge on any atom is -0.493 e. The second kappa shape index (κ2) is 9.45. The molecule has 8 heteroatoms. The summed E-state index contributed by atoms with van der Waals surface area (Å²) < 4.78 is 15.7. The Bertz CT molecular complexity index is 832. The topological polar surface area (TPSA) is 82.1 Å². The van der Waals surface area contributed by atoms with Gasteiger partial charge >= 0.3 is 5.97 Å². The number of benzene rings is 1. The van der Waals surface area contributed by atoms with E-state index in [1.807, 2.05) is 6.07 Å². The lowest BCUT2D eigenvalue weighted by molar-refractivity contribution is -0.150. The average molecular weight is 405 g/mol. The molecule has 7 nitrogen and oxygen atoms in total. The first-order valence-corrected chi connectivity index (χ1v) is 9.49. The third-order valence-corrected chi connectivity index (χ3v) is 4.96. The van der Waals surface area contributed by atoms with Gasteiger partial charge < -0.3 is 14.2 Å². The summed E-state index contributed by atoms with van der Waals surface area (Å²) in [6.45, 7) is 7.04. The third kappa shape index (κ3) is 4.39. The molecule has 1 aliphatic heterocycles. The molecule has 0 saturated carbocycles. The molecule has 1 aliphatic rings. The van der Waals surface area contributed by atoms with E-state index in [4.69, 9.17) is 14.2 Å². The molecular formula is C20H23NO6S. The van der Waals surface area contributed by atoms with Crippen LogP contribution < -0.4 is 9.47 Å². The van der Waals surface area contributed by atoms with Gasteiger partial charge in [0.2, 0.25) is 0 Å². The molecule has 0 bridgehead atoms. The van der Waals surface area contributed by atoms with Crippen molar-refractivity contribution in [1.82, 2.24) is 4.90 Å². The van der Waals surface area contributed by atoms with Crippen molar-refractivity contribution in [1.29, 1.82) is 0 Å². The second-order valence-electron chi connectivity index (χ2n) is 5.89. The van der Waals surface area contributed by atoms with Crippen molar-refractivity contribution in [3.63, 3.8) is 0 Å². The fraction of sp³-hybridized carbons (Fsp3) is 0.350. The Morgan fingerprint density at radius 2 is 2.00 bits per heavy atom. The van der Waals surface area contributed by atoms with E-state index in [9.17, 15) is 14.4 Å². The molecule has 1 heterocycles. The first-order chi connectivity index (χ1) is 13.4. The van der Waals surface area contributed by atoms with E-state index in [1.165, 1.54) is 14.0 Å². The monoisotopic (exact) mass is 405 g/mol. The average Bonchev–Trinajstić information content (AvgIpc) is 2.94. The van der Waals surface area contributed by atoms with Crippen LogP contribution in [0.15, 0.2) is 29.7 Å². The van der Waals surface area contributed by atoms with Crippen LogP contribution in [0.4, 0.5) is 4.79 Å². The number of amides is 2. The highest BCUT2D eigenvalue weighted by molar-refractivity contribution is 8.18. The molecule has 1 saturated heterocycles. The zero-order valence-electron chi connectivity index (χ0n) is 16.3. The molecule has 0 N–H and O–H groups in total. The standard InChI is InChI=1S/C20H23NO6S/c1-6-8-14-9-13(10-15(25-4)17(14)26-5)11-16-18(22)21(20(24)28-16)12(3)19(23)27-7-2/h6,9-12H,1,7-8H2,2-5H3/b16-11+/t12-/m0/s1. The predicted molar refractivity (Wildman–Crippen MR) is 107 cm³/mol. The molecule has 0 radical (unpaired) electrons. The van der Waals surface area contributed by atoms with E-state index in [-0.39, 0.29) is 11.5 Å². The Balaban J connectivity index is 2.39. The SMILES string of the molecule is C=CCc1cc(/C=C2/SC(=O)N([C@@H](C)C(=O)OCC)C2=O)cc(OC)c1OC. The van der Waals surface area contributed by atoms with Gasteiger partial charge in [-0.15, -0.1) is 6.58 Å². The fourth-order valence-electron chi connectivity index (χ4n) is 2.79. The maximum absolute atomic E-state index is 12.7.